The normalized spacial score (nSPS) is 10.6. The van der Waals surface area contributed by atoms with Crippen LogP contribution in [0.15, 0.2) is 29.1 Å². The van der Waals surface area contributed by atoms with Crippen LogP contribution in [0.5, 0.6) is 0 Å². The van der Waals surface area contributed by atoms with Gasteiger partial charge in [0.1, 0.15) is 0 Å². The van der Waals surface area contributed by atoms with Crippen molar-refractivity contribution in [1.29, 1.82) is 0 Å². The highest BCUT2D eigenvalue weighted by atomic mass is 16.2. The fourth-order valence-corrected chi connectivity index (χ4v) is 1.95. The van der Waals surface area contributed by atoms with Crippen molar-refractivity contribution in [3.8, 4) is 0 Å². The number of nitrogens with zero attached hydrogens (tertiary/aromatic N) is 1. The number of rotatable bonds is 5. The summed E-state index contributed by atoms with van der Waals surface area (Å²) in [6.07, 6.45) is 3.14. The molecule has 2 aromatic rings. The third kappa shape index (κ3) is 2.99. The lowest BCUT2D eigenvalue weighted by atomic mass is 10.1. The molecular formula is C14H17N3O2. The first-order valence-electron chi connectivity index (χ1n) is 6.49. The van der Waals surface area contributed by atoms with Crippen LogP contribution in [-0.4, -0.2) is 22.6 Å². The van der Waals surface area contributed by atoms with E-state index >= 15 is 0 Å². The van der Waals surface area contributed by atoms with Crippen LogP contribution in [0, 0.1) is 0 Å². The molecule has 0 spiro atoms. The van der Waals surface area contributed by atoms with Crippen molar-refractivity contribution < 1.29 is 4.79 Å². The maximum atomic E-state index is 12.0. The number of aromatic nitrogens is 2. The van der Waals surface area contributed by atoms with Gasteiger partial charge in [0.05, 0.1) is 5.39 Å². The van der Waals surface area contributed by atoms with Crippen LogP contribution in [0.1, 0.15) is 36.7 Å². The Hall–Kier alpha value is -2.17. The van der Waals surface area contributed by atoms with Gasteiger partial charge in [-0.1, -0.05) is 38.0 Å². The number of amides is 1. The van der Waals surface area contributed by atoms with E-state index in [0.717, 1.165) is 19.3 Å². The second-order valence-electron chi connectivity index (χ2n) is 4.41. The van der Waals surface area contributed by atoms with E-state index in [1.807, 2.05) is 0 Å². The Bertz CT molecular complexity index is 634. The standard InChI is InChI=1S/C14H17N3O2/c1-2-3-6-9-15-14(19)12-10-7-4-5-8-11(10)13(18)17-16-12/h4-5,7-8H,2-3,6,9H2,1H3,(H,15,19)(H,17,18). The Morgan fingerprint density at radius 1 is 1.26 bits per heavy atom. The zero-order valence-corrected chi connectivity index (χ0v) is 10.9. The van der Waals surface area contributed by atoms with Gasteiger partial charge in [0.15, 0.2) is 5.69 Å². The summed E-state index contributed by atoms with van der Waals surface area (Å²) in [5.41, 5.74) is -0.00942. The largest absolute Gasteiger partial charge is 0.351 e. The summed E-state index contributed by atoms with van der Waals surface area (Å²) in [6, 6.07) is 6.97. The van der Waals surface area contributed by atoms with Gasteiger partial charge in [0.2, 0.25) is 0 Å². The number of carbonyl (C=O) groups excluding carboxylic acids is 1. The summed E-state index contributed by atoms with van der Waals surface area (Å²) in [4.78, 5) is 23.6. The van der Waals surface area contributed by atoms with Crippen molar-refractivity contribution in [2.24, 2.45) is 0 Å². The highest BCUT2D eigenvalue weighted by Gasteiger charge is 2.12. The fourth-order valence-electron chi connectivity index (χ4n) is 1.95. The van der Waals surface area contributed by atoms with E-state index < -0.39 is 0 Å². The van der Waals surface area contributed by atoms with Crippen LogP contribution in [0.2, 0.25) is 0 Å². The molecule has 1 aromatic heterocycles. The van der Waals surface area contributed by atoms with Crippen LogP contribution in [0.3, 0.4) is 0 Å². The third-order valence-corrected chi connectivity index (χ3v) is 2.98. The average molecular weight is 259 g/mol. The molecule has 2 N–H and O–H groups in total. The molecule has 0 aliphatic heterocycles. The first-order valence-corrected chi connectivity index (χ1v) is 6.49. The number of benzene rings is 1. The Morgan fingerprint density at radius 3 is 2.74 bits per heavy atom. The van der Waals surface area contributed by atoms with Gasteiger partial charge >= 0.3 is 0 Å². The molecule has 1 aromatic carbocycles. The summed E-state index contributed by atoms with van der Waals surface area (Å²) in [7, 11) is 0. The lowest BCUT2D eigenvalue weighted by Gasteiger charge is -2.06. The summed E-state index contributed by atoms with van der Waals surface area (Å²) >= 11 is 0. The van der Waals surface area contributed by atoms with Crippen molar-refractivity contribution in [3.05, 3.63) is 40.3 Å². The minimum absolute atomic E-state index is 0.247. The molecule has 0 atom stereocenters. The van der Waals surface area contributed by atoms with Crippen LogP contribution in [0.4, 0.5) is 0 Å². The molecule has 2 rings (SSSR count). The molecule has 1 heterocycles. The quantitative estimate of drug-likeness (QED) is 0.804. The van der Waals surface area contributed by atoms with Crippen LogP contribution < -0.4 is 10.9 Å². The van der Waals surface area contributed by atoms with Gasteiger partial charge in [-0.25, -0.2) is 5.10 Å². The number of fused-ring (bicyclic) bond motifs is 1. The van der Waals surface area contributed by atoms with Crippen molar-refractivity contribution in [2.45, 2.75) is 26.2 Å². The number of hydrogen-bond acceptors (Lipinski definition) is 3. The predicted octanol–water partition coefficient (Wildman–Crippen LogP) is 1.84. The highest BCUT2D eigenvalue weighted by molar-refractivity contribution is 6.04. The molecular weight excluding hydrogens is 242 g/mol. The Labute approximate surface area is 111 Å². The van der Waals surface area contributed by atoms with E-state index in [0.29, 0.717) is 17.3 Å². The second kappa shape index (κ2) is 6.13. The van der Waals surface area contributed by atoms with Crippen molar-refractivity contribution in [1.82, 2.24) is 15.5 Å². The summed E-state index contributed by atoms with van der Waals surface area (Å²) < 4.78 is 0. The molecule has 5 heteroatoms. The van der Waals surface area contributed by atoms with E-state index in [4.69, 9.17) is 0 Å². The molecule has 5 nitrogen and oxygen atoms in total. The molecule has 0 unspecified atom stereocenters. The van der Waals surface area contributed by atoms with Crippen molar-refractivity contribution in [2.75, 3.05) is 6.54 Å². The number of hydrogen-bond donors (Lipinski definition) is 2. The van der Waals surface area contributed by atoms with Crippen LogP contribution in [0.25, 0.3) is 10.8 Å². The van der Waals surface area contributed by atoms with Crippen molar-refractivity contribution in [3.63, 3.8) is 0 Å². The fraction of sp³-hybridized carbons (Fsp3) is 0.357. The number of carbonyl (C=O) groups is 1. The van der Waals surface area contributed by atoms with E-state index in [2.05, 4.69) is 22.4 Å². The number of aromatic amines is 1. The van der Waals surface area contributed by atoms with Crippen LogP contribution >= 0.6 is 0 Å². The van der Waals surface area contributed by atoms with Crippen molar-refractivity contribution >= 4 is 16.7 Å². The minimum Gasteiger partial charge on any atom is -0.351 e. The Kier molecular flexibility index (Phi) is 4.28. The third-order valence-electron chi connectivity index (χ3n) is 2.98. The zero-order valence-electron chi connectivity index (χ0n) is 10.9. The second-order valence-corrected chi connectivity index (χ2v) is 4.41. The lowest BCUT2D eigenvalue weighted by molar-refractivity contribution is 0.0949. The minimum atomic E-state index is -0.280. The molecule has 1 amide bonds. The average Bonchev–Trinajstić information content (AvgIpc) is 2.44. The first-order chi connectivity index (χ1) is 9.24. The van der Waals surface area contributed by atoms with E-state index in [1.165, 1.54) is 0 Å². The van der Waals surface area contributed by atoms with E-state index in [-0.39, 0.29) is 17.2 Å². The SMILES string of the molecule is CCCCCNC(=O)c1n[nH]c(=O)c2ccccc12. The number of nitrogens with one attached hydrogen (secondary N) is 2. The van der Waals surface area contributed by atoms with Crippen LogP contribution in [-0.2, 0) is 0 Å². The van der Waals surface area contributed by atoms with Gasteiger partial charge in [-0.3, -0.25) is 9.59 Å². The smallest absolute Gasteiger partial charge is 0.272 e. The maximum Gasteiger partial charge on any atom is 0.272 e. The molecule has 0 saturated heterocycles. The molecule has 0 radical (unpaired) electrons. The molecule has 0 aliphatic carbocycles. The predicted molar refractivity (Wildman–Crippen MR) is 74.2 cm³/mol. The lowest BCUT2D eigenvalue weighted by Crippen LogP contribution is -2.27. The number of H-pyrrole nitrogens is 1. The first kappa shape index (κ1) is 13.3. The zero-order chi connectivity index (χ0) is 13.7. The van der Waals surface area contributed by atoms with E-state index in [1.54, 1.807) is 24.3 Å². The molecule has 0 aliphatic rings. The topological polar surface area (TPSA) is 74.8 Å². The van der Waals surface area contributed by atoms with Gasteiger partial charge in [-0.15, -0.1) is 0 Å². The van der Waals surface area contributed by atoms with Gasteiger partial charge in [0, 0.05) is 11.9 Å². The van der Waals surface area contributed by atoms with Gasteiger partial charge in [-0.05, 0) is 12.5 Å². The molecule has 0 bridgehead atoms. The Balaban J connectivity index is 2.23. The highest BCUT2D eigenvalue weighted by Crippen LogP contribution is 2.11. The molecule has 19 heavy (non-hydrogen) atoms. The molecule has 0 saturated carbocycles. The monoisotopic (exact) mass is 259 g/mol. The van der Waals surface area contributed by atoms with Gasteiger partial charge in [0.25, 0.3) is 11.5 Å². The number of unbranched alkanes of at least 4 members (excludes halogenated alkanes) is 2. The maximum absolute atomic E-state index is 12.0. The Morgan fingerprint density at radius 2 is 2.00 bits per heavy atom. The van der Waals surface area contributed by atoms with Gasteiger partial charge < -0.3 is 5.32 Å². The summed E-state index contributed by atoms with van der Waals surface area (Å²) in [5, 5.41) is 10.1. The van der Waals surface area contributed by atoms with E-state index in [9.17, 15) is 9.59 Å². The van der Waals surface area contributed by atoms with Gasteiger partial charge in [-0.2, -0.15) is 5.10 Å². The molecule has 100 valence electrons. The molecule has 0 fully saturated rings. The summed E-state index contributed by atoms with van der Waals surface area (Å²) in [6.45, 7) is 2.74. The summed E-state index contributed by atoms with van der Waals surface area (Å²) in [5.74, 6) is -0.247.